The molecule has 0 spiro atoms. The molecule has 256 valence electrons. The number of benzene rings is 8. The van der Waals surface area contributed by atoms with Gasteiger partial charge in [0, 0.05) is 40.3 Å². The Bertz CT molecular complexity index is 3280. The third-order valence-corrected chi connectivity index (χ3v) is 22.2. The molecule has 2 aliphatic heterocycles. The van der Waals surface area contributed by atoms with Crippen molar-refractivity contribution in [3.63, 3.8) is 0 Å². The lowest BCUT2D eigenvalue weighted by atomic mass is 9.90. The minimum Gasteiger partial charge on any atom is -0.135 e. The van der Waals surface area contributed by atoms with E-state index in [1.54, 1.807) is 20.7 Å². The molecule has 0 saturated carbocycles. The maximum Gasteiger partial charge on any atom is 0.113 e. The number of rotatable bonds is 2. The van der Waals surface area contributed by atoms with Gasteiger partial charge in [-0.1, -0.05) is 135 Å². The van der Waals surface area contributed by atoms with Crippen molar-refractivity contribution in [2.75, 3.05) is 0 Å². The summed E-state index contributed by atoms with van der Waals surface area (Å²) in [6.07, 6.45) is 0. The zero-order valence-electron chi connectivity index (χ0n) is 30.7. The molecule has 12 rings (SSSR count). The number of thiophene rings is 2. The Labute approximate surface area is 325 Å². The first-order valence-electron chi connectivity index (χ1n) is 19.0. The Morgan fingerprint density at radius 1 is 0.333 bits per heavy atom. The van der Waals surface area contributed by atoms with Gasteiger partial charge in [0.2, 0.25) is 0 Å². The van der Waals surface area contributed by atoms with Crippen LogP contribution in [0.4, 0.5) is 0 Å². The van der Waals surface area contributed by atoms with Crippen LogP contribution >= 0.6 is 22.7 Å². The van der Waals surface area contributed by atoms with E-state index in [-0.39, 0.29) is 0 Å². The summed E-state index contributed by atoms with van der Waals surface area (Å²) in [7, 11) is -4.08. The lowest BCUT2D eigenvalue weighted by molar-refractivity contribution is 1.62. The summed E-state index contributed by atoms with van der Waals surface area (Å²) in [5.41, 5.74) is 11.1. The SMILES string of the molecule is C[Si]1(C)c2cc(-c3ccc4sc5ccccc5c4c3)ccc2-c2c1cc1c3c(cccc23)[Si](C)(C)c2cc(-c3ccc4sc5ccccc5c4c3)ccc2-1. The van der Waals surface area contributed by atoms with Crippen molar-refractivity contribution >= 4 is 111 Å². The highest BCUT2D eigenvalue weighted by Crippen LogP contribution is 2.44. The monoisotopic (exact) mass is 756 g/mol. The van der Waals surface area contributed by atoms with Crippen LogP contribution in [0.25, 0.3) is 95.6 Å². The molecule has 54 heavy (non-hydrogen) atoms. The second-order valence-electron chi connectivity index (χ2n) is 16.5. The molecule has 0 bridgehead atoms. The topological polar surface area (TPSA) is 0 Å². The lowest BCUT2D eigenvalue weighted by Crippen LogP contribution is -2.56. The molecular formula is C50H36S2Si2. The second-order valence-corrected chi connectivity index (χ2v) is 27.3. The molecule has 0 unspecified atom stereocenters. The van der Waals surface area contributed by atoms with Crippen molar-refractivity contribution in [3.8, 4) is 44.5 Å². The highest BCUT2D eigenvalue weighted by molar-refractivity contribution is 7.26. The zero-order valence-corrected chi connectivity index (χ0v) is 34.3. The molecule has 2 aliphatic rings. The Morgan fingerprint density at radius 2 is 0.815 bits per heavy atom. The van der Waals surface area contributed by atoms with Crippen LogP contribution in [0.1, 0.15) is 0 Å². The normalized spacial score (nSPS) is 15.0. The van der Waals surface area contributed by atoms with E-state index < -0.39 is 16.1 Å². The molecule has 0 aliphatic carbocycles. The standard InChI is InChI=1S/C50H36S2Si2/c1-53(2)45-15-9-12-37-49-36-21-17-32(30-19-23-44-39(25-30)34-11-6-8-14-42(34)52-44)27-47(36)54(3,4)48(49)28-40(50(37)45)35-20-16-31(26-46(35)53)29-18-22-43-38(24-29)33-10-5-7-13-41(33)51-43/h5-28H,1-4H3. The molecule has 0 atom stereocenters. The van der Waals surface area contributed by atoms with Gasteiger partial charge in [0.25, 0.3) is 0 Å². The van der Waals surface area contributed by atoms with Crippen LogP contribution in [0.5, 0.6) is 0 Å². The van der Waals surface area contributed by atoms with E-state index in [4.69, 9.17) is 0 Å². The fourth-order valence-corrected chi connectivity index (χ4v) is 18.4. The summed E-state index contributed by atoms with van der Waals surface area (Å²) in [4.78, 5) is 0. The summed E-state index contributed by atoms with van der Waals surface area (Å²) in [6, 6.07) is 56.5. The summed E-state index contributed by atoms with van der Waals surface area (Å²) in [5, 5.41) is 14.7. The minimum atomic E-state index is -2.05. The zero-order chi connectivity index (χ0) is 36.1. The molecule has 0 radical (unpaired) electrons. The molecule has 2 aromatic heterocycles. The van der Waals surface area contributed by atoms with Gasteiger partial charge in [-0.3, -0.25) is 0 Å². The van der Waals surface area contributed by atoms with Gasteiger partial charge >= 0.3 is 0 Å². The first-order chi connectivity index (χ1) is 26.3. The highest BCUT2D eigenvalue weighted by Gasteiger charge is 2.42. The van der Waals surface area contributed by atoms with E-state index in [0.717, 1.165) is 0 Å². The van der Waals surface area contributed by atoms with Crippen LogP contribution in [0, 0.1) is 0 Å². The van der Waals surface area contributed by atoms with Crippen molar-refractivity contribution in [2.45, 2.75) is 26.2 Å². The summed E-state index contributed by atoms with van der Waals surface area (Å²) in [5.74, 6) is 0. The molecule has 0 saturated heterocycles. The summed E-state index contributed by atoms with van der Waals surface area (Å²) >= 11 is 3.79. The smallest absolute Gasteiger partial charge is 0.113 e. The summed E-state index contributed by atoms with van der Waals surface area (Å²) < 4.78 is 5.44. The molecule has 4 heteroatoms. The van der Waals surface area contributed by atoms with Crippen LogP contribution < -0.4 is 20.7 Å². The highest BCUT2D eigenvalue weighted by atomic mass is 32.1. The molecule has 0 amide bonds. The third-order valence-electron chi connectivity index (χ3n) is 12.9. The lowest BCUT2D eigenvalue weighted by Gasteiger charge is -2.35. The Balaban J connectivity index is 1.02. The van der Waals surface area contributed by atoms with E-state index in [9.17, 15) is 0 Å². The maximum atomic E-state index is 2.64. The van der Waals surface area contributed by atoms with Crippen molar-refractivity contribution in [2.24, 2.45) is 0 Å². The van der Waals surface area contributed by atoms with Gasteiger partial charge in [0.15, 0.2) is 0 Å². The number of hydrogen-bond donors (Lipinski definition) is 0. The predicted octanol–water partition coefficient (Wildman–Crippen LogP) is 12.5. The Kier molecular flexibility index (Phi) is 6.23. The van der Waals surface area contributed by atoms with E-state index in [2.05, 4.69) is 172 Å². The average molecular weight is 757 g/mol. The Morgan fingerprint density at radius 3 is 1.44 bits per heavy atom. The molecule has 4 heterocycles. The molecule has 0 N–H and O–H groups in total. The van der Waals surface area contributed by atoms with Gasteiger partial charge in [-0.05, 0) is 112 Å². The van der Waals surface area contributed by atoms with Crippen LogP contribution in [0.15, 0.2) is 146 Å². The number of hydrogen-bond acceptors (Lipinski definition) is 2. The van der Waals surface area contributed by atoms with Crippen molar-refractivity contribution < 1.29 is 0 Å². The van der Waals surface area contributed by atoms with Crippen LogP contribution in [0.2, 0.25) is 26.2 Å². The van der Waals surface area contributed by atoms with Gasteiger partial charge < -0.3 is 0 Å². The van der Waals surface area contributed by atoms with Gasteiger partial charge in [-0.25, -0.2) is 0 Å². The summed E-state index contributed by atoms with van der Waals surface area (Å²) in [6.45, 7) is 10.3. The van der Waals surface area contributed by atoms with Gasteiger partial charge in [-0.15, -0.1) is 22.7 Å². The molecule has 10 aromatic rings. The van der Waals surface area contributed by atoms with E-state index in [1.165, 1.54) is 95.6 Å². The van der Waals surface area contributed by atoms with E-state index >= 15 is 0 Å². The minimum absolute atomic E-state index is 1.31. The fourth-order valence-electron chi connectivity index (χ4n) is 10.0. The van der Waals surface area contributed by atoms with Crippen LogP contribution in [0.3, 0.4) is 0 Å². The maximum absolute atomic E-state index is 2.64. The largest absolute Gasteiger partial charge is 0.135 e. The van der Waals surface area contributed by atoms with Gasteiger partial charge in [-0.2, -0.15) is 0 Å². The van der Waals surface area contributed by atoms with Crippen molar-refractivity contribution in [3.05, 3.63) is 146 Å². The number of fused-ring (bicyclic) bond motifs is 12. The second kappa shape index (κ2) is 10.8. The van der Waals surface area contributed by atoms with Crippen LogP contribution in [-0.4, -0.2) is 16.1 Å². The first-order valence-corrected chi connectivity index (χ1v) is 26.6. The third kappa shape index (κ3) is 4.12. The van der Waals surface area contributed by atoms with E-state index in [0.29, 0.717) is 0 Å². The molecule has 0 fully saturated rings. The quantitative estimate of drug-likeness (QED) is 0.154. The van der Waals surface area contributed by atoms with Gasteiger partial charge in [0.1, 0.15) is 16.1 Å². The van der Waals surface area contributed by atoms with Gasteiger partial charge in [0.05, 0.1) is 0 Å². The average Bonchev–Trinajstić information content (AvgIpc) is 3.83. The van der Waals surface area contributed by atoms with Crippen LogP contribution in [-0.2, 0) is 0 Å². The molecular weight excluding hydrogens is 721 g/mol. The first kappa shape index (κ1) is 31.3. The van der Waals surface area contributed by atoms with Crippen molar-refractivity contribution in [1.29, 1.82) is 0 Å². The molecule has 0 nitrogen and oxygen atoms in total. The van der Waals surface area contributed by atoms with E-state index in [1.807, 2.05) is 22.7 Å². The Hall–Kier alpha value is -5.11. The predicted molar refractivity (Wildman–Crippen MR) is 245 cm³/mol. The van der Waals surface area contributed by atoms with Crippen molar-refractivity contribution in [1.82, 2.24) is 0 Å². The molecule has 8 aromatic carbocycles. The fraction of sp³-hybridized carbons (Fsp3) is 0.0800.